The van der Waals surface area contributed by atoms with Crippen molar-refractivity contribution in [1.29, 1.82) is 0 Å². The van der Waals surface area contributed by atoms with E-state index in [1.807, 2.05) is 26.8 Å². The highest BCUT2D eigenvalue weighted by Gasteiger charge is 2.41. The lowest BCUT2D eigenvalue weighted by atomic mass is 9.84. The molecule has 3 rings (SSSR count). The molecule has 0 bridgehead atoms. The molecule has 1 aromatic carbocycles. The zero-order valence-corrected chi connectivity index (χ0v) is 19.0. The predicted molar refractivity (Wildman–Crippen MR) is 111 cm³/mol. The smallest absolute Gasteiger partial charge is 0.175 e. The van der Waals surface area contributed by atoms with Gasteiger partial charge >= 0.3 is 0 Å². The Morgan fingerprint density at radius 3 is 2.68 bits per heavy atom. The van der Waals surface area contributed by atoms with Crippen LogP contribution in [-0.2, 0) is 11.2 Å². The topological polar surface area (TPSA) is 71.4 Å². The minimum absolute atomic E-state index is 0.120. The molecule has 7 heteroatoms. The third-order valence-electron chi connectivity index (χ3n) is 5.27. The van der Waals surface area contributed by atoms with Crippen molar-refractivity contribution in [2.75, 3.05) is 26.8 Å². The molecule has 0 saturated carbocycles. The van der Waals surface area contributed by atoms with E-state index in [4.69, 9.17) is 14.2 Å². The Morgan fingerprint density at radius 2 is 2.07 bits per heavy atom. The summed E-state index contributed by atoms with van der Waals surface area (Å²) in [6.45, 7) is 9.57. The van der Waals surface area contributed by atoms with Gasteiger partial charge in [0.1, 0.15) is 6.61 Å². The Hall–Kier alpha value is -0.860. The fraction of sp³-hybridized carbons (Fsp3) is 0.714. The number of aliphatic hydroxyl groups is 2. The molecular formula is C21H32BrNO5. The molecule has 158 valence electrons. The Bertz CT molecular complexity index is 703. The van der Waals surface area contributed by atoms with Crippen LogP contribution in [0.25, 0.3) is 0 Å². The van der Waals surface area contributed by atoms with Gasteiger partial charge in [-0.25, -0.2) is 0 Å². The van der Waals surface area contributed by atoms with Crippen molar-refractivity contribution in [2.45, 2.75) is 70.5 Å². The lowest BCUT2D eigenvalue weighted by Crippen LogP contribution is -2.53. The first-order valence-electron chi connectivity index (χ1n) is 9.90. The molecule has 2 N–H and O–H groups in total. The summed E-state index contributed by atoms with van der Waals surface area (Å²) in [5.74, 6) is 1.26. The Balaban J connectivity index is 1.89. The fourth-order valence-corrected chi connectivity index (χ4v) is 4.85. The second kappa shape index (κ2) is 8.48. The van der Waals surface area contributed by atoms with E-state index in [0.29, 0.717) is 24.5 Å². The van der Waals surface area contributed by atoms with Gasteiger partial charge in [0.25, 0.3) is 0 Å². The van der Waals surface area contributed by atoms with Crippen LogP contribution < -0.4 is 9.47 Å². The van der Waals surface area contributed by atoms with Crippen molar-refractivity contribution in [2.24, 2.45) is 0 Å². The van der Waals surface area contributed by atoms with Crippen LogP contribution >= 0.6 is 15.9 Å². The quantitative estimate of drug-likeness (QED) is 0.707. The number of rotatable bonds is 5. The Morgan fingerprint density at radius 1 is 1.36 bits per heavy atom. The second-order valence-corrected chi connectivity index (χ2v) is 9.58. The van der Waals surface area contributed by atoms with Gasteiger partial charge in [0.2, 0.25) is 0 Å². The van der Waals surface area contributed by atoms with E-state index in [0.717, 1.165) is 23.0 Å². The van der Waals surface area contributed by atoms with E-state index in [-0.39, 0.29) is 24.4 Å². The maximum Gasteiger partial charge on any atom is 0.175 e. The summed E-state index contributed by atoms with van der Waals surface area (Å²) >= 11 is 3.70. The monoisotopic (exact) mass is 457 g/mol. The minimum Gasteiger partial charge on any atom is -0.493 e. The highest BCUT2D eigenvalue weighted by molar-refractivity contribution is 9.10. The maximum absolute atomic E-state index is 10.7. The van der Waals surface area contributed by atoms with E-state index in [2.05, 4.69) is 20.8 Å². The SMILES string of the molecule is COc1cc2c(c(Br)c1OC[C@H](C)O)CCN1C[C@@H](OC(C)(C)C)[C@H](O)C[C@H]21. The van der Waals surface area contributed by atoms with Crippen LogP contribution in [0.5, 0.6) is 11.5 Å². The average Bonchev–Trinajstić information content (AvgIpc) is 2.60. The first-order valence-corrected chi connectivity index (χ1v) is 10.7. The van der Waals surface area contributed by atoms with E-state index in [1.165, 1.54) is 5.56 Å². The highest BCUT2D eigenvalue weighted by atomic mass is 79.9. The van der Waals surface area contributed by atoms with Gasteiger partial charge in [-0.15, -0.1) is 0 Å². The zero-order valence-electron chi connectivity index (χ0n) is 17.4. The molecule has 0 aliphatic carbocycles. The molecular weight excluding hydrogens is 426 g/mol. The van der Waals surface area contributed by atoms with Crippen molar-refractivity contribution in [3.05, 3.63) is 21.7 Å². The lowest BCUT2D eigenvalue weighted by Gasteiger charge is -2.47. The molecule has 1 aromatic rings. The number of methoxy groups -OCH3 is 1. The summed E-state index contributed by atoms with van der Waals surface area (Å²) in [6.07, 6.45) is 0.243. The number of nitrogens with zero attached hydrogens (tertiary/aromatic N) is 1. The van der Waals surface area contributed by atoms with Gasteiger partial charge in [0.05, 0.1) is 35.5 Å². The molecule has 6 nitrogen and oxygen atoms in total. The molecule has 1 saturated heterocycles. The number of aliphatic hydroxyl groups excluding tert-OH is 2. The molecule has 1 fully saturated rings. The van der Waals surface area contributed by atoms with Crippen molar-refractivity contribution >= 4 is 15.9 Å². The first kappa shape index (κ1) is 21.8. The molecule has 0 spiro atoms. The number of fused-ring (bicyclic) bond motifs is 3. The molecule has 0 aromatic heterocycles. The van der Waals surface area contributed by atoms with Gasteiger partial charge in [-0.3, -0.25) is 4.90 Å². The van der Waals surface area contributed by atoms with Crippen LogP contribution in [0.3, 0.4) is 0 Å². The van der Waals surface area contributed by atoms with Crippen LogP contribution in [-0.4, -0.2) is 65.8 Å². The summed E-state index contributed by atoms with van der Waals surface area (Å²) < 4.78 is 18.4. The minimum atomic E-state index is -0.559. The van der Waals surface area contributed by atoms with Crippen LogP contribution in [0.15, 0.2) is 10.5 Å². The van der Waals surface area contributed by atoms with Gasteiger partial charge in [0.15, 0.2) is 11.5 Å². The lowest BCUT2D eigenvalue weighted by molar-refractivity contribution is -0.149. The van der Waals surface area contributed by atoms with Gasteiger partial charge < -0.3 is 24.4 Å². The van der Waals surface area contributed by atoms with Gasteiger partial charge in [-0.1, -0.05) is 0 Å². The second-order valence-electron chi connectivity index (χ2n) is 8.78. The van der Waals surface area contributed by atoms with Crippen LogP contribution in [0.2, 0.25) is 0 Å². The number of hydrogen-bond donors (Lipinski definition) is 2. The van der Waals surface area contributed by atoms with Crippen LogP contribution in [0.4, 0.5) is 0 Å². The predicted octanol–water partition coefficient (Wildman–Crippen LogP) is 3.06. The van der Waals surface area contributed by atoms with Gasteiger partial charge in [0, 0.05) is 19.1 Å². The van der Waals surface area contributed by atoms with E-state index < -0.39 is 12.2 Å². The Kier molecular flexibility index (Phi) is 6.61. The molecule has 2 aliphatic rings. The molecule has 0 amide bonds. The standard InChI is InChI=1S/C21H32BrNO5/c1-12(24)11-27-20-17(26-5)8-14-13(19(20)22)6-7-23-10-18(28-21(2,3)4)16(25)9-15(14)23/h8,12,15-16,18,24-25H,6-7,9-11H2,1-5H3/t12-,15+,16+,18+/m0/s1. The van der Waals surface area contributed by atoms with Crippen LogP contribution in [0, 0.1) is 0 Å². The van der Waals surface area contributed by atoms with E-state index in [1.54, 1.807) is 14.0 Å². The average molecular weight is 458 g/mol. The number of ether oxygens (including phenoxy) is 3. The molecule has 2 aliphatic heterocycles. The largest absolute Gasteiger partial charge is 0.493 e. The number of piperidine rings is 1. The number of halogens is 1. The first-order chi connectivity index (χ1) is 13.1. The molecule has 2 heterocycles. The molecule has 4 atom stereocenters. The number of benzene rings is 1. The molecule has 0 unspecified atom stereocenters. The number of hydrogen-bond acceptors (Lipinski definition) is 6. The van der Waals surface area contributed by atoms with Crippen molar-refractivity contribution in [1.82, 2.24) is 4.90 Å². The van der Waals surface area contributed by atoms with Crippen molar-refractivity contribution in [3.63, 3.8) is 0 Å². The zero-order chi connectivity index (χ0) is 20.6. The third-order valence-corrected chi connectivity index (χ3v) is 6.11. The summed E-state index contributed by atoms with van der Waals surface area (Å²) in [5, 5.41) is 20.3. The van der Waals surface area contributed by atoms with Crippen molar-refractivity contribution in [3.8, 4) is 11.5 Å². The molecule has 0 radical (unpaired) electrons. The normalized spacial score (nSPS) is 26.4. The van der Waals surface area contributed by atoms with Gasteiger partial charge in [-0.2, -0.15) is 0 Å². The maximum atomic E-state index is 10.7. The summed E-state index contributed by atoms with van der Waals surface area (Å²) in [7, 11) is 1.62. The van der Waals surface area contributed by atoms with Crippen LogP contribution in [0.1, 0.15) is 51.3 Å². The summed E-state index contributed by atoms with van der Waals surface area (Å²) in [6, 6.07) is 2.14. The Labute approximate surface area is 175 Å². The molecule has 28 heavy (non-hydrogen) atoms. The highest BCUT2D eigenvalue weighted by Crippen LogP contribution is 2.47. The summed E-state index contributed by atoms with van der Waals surface area (Å²) in [4.78, 5) is 2.40. The van der Waals surface area contributed by atoms with Crippen molar-refractivity contribution < 1.29 is 24.4 Å². The van der Waals surface area contributed by atoms with E-state index >= 15 is 0 Å². The summed E-state index contributed by atoms with van der Waals surface area (Å²) in [5.41, 5.74) is 2.06. The fourth-order valence-electron chi connectivity index (χ4n) is 4.11. The van der Waals surface area contributed by atoms with Gasteiger partial charge in [-0.05, 0) is 73.7 Å². The van der Waals surface area contributed by atoms with E-state index in [9.17, 15) is 10.2 Å². The third kappa shape index (κ3) is 4.65.